The van der Waals surface area contributed by atoms with E-state index in [2.05, 4.69) is 9.46 Å². The van der Waals surface area contributed by atoms with E-state index in [1.165, 1.54) is 25.3 Å². The fourth-order valence-corrected chi connectivity index (χ4v) is 4.54. The number of sulfonamides is 1. The van der Waals surface area contributed by atoms with Crippen molar-refractivity contribution in [2.24, 2.45) is 5.73 Å². The molecule has 23 heavy (non-hydrogen) atoms. The summed E-state index contributed by atoms with van der Waals surface area (Å²) in [5, 5.41) is 0.150. The zero-order chi connectivity index (χ0) is 16.4. The Kier molecular flexibility index (Phi) is 6.85. The highest BCUT2D eigenvalue weighted by Gasteiger charge is 2.37. The molecule has 1 aliphatic carbocycles. The normalized spacial score (nSPS) is 16.7. The predicted octanol–water partition coefficient (Wildman–Crippen LogP) is 2.10. The maximum absolute atomic E-state index is 12.6. The molecule has 9 heteroatoms. The Morgan fingerprint density at radius 3 is 2.48 bits per heavy atom. The second-order valence-electron chi connectivity index (χ2n) is 5.46. The summed E-state index contributed by atoms with van der Waals surface area (Å²) in [5.41, 5.74) is 5.22. The van der Waals surface area contributed by atoms with Gasteiger partial charge in [-0.05, 0) is 31.0 Å². The van der Waals surface area contributed by atoms with Gasteiger partial charge >= 0.3 is 5.97 Å². The molecule has 0 atom stereocenters. The molecule has 130 valence electrons. The van der Waals surface area contributed by atoms with E-state index in [0.29, 0.717) is 12.8 Å². The highest BCUT2D eigenvalue weighted by Crippen LogP contribution is 2.31. The minimum Gasteiger partial charge on any atom is -0.465 e. The van der Waals surface area contributed by atoms with E-state index in [-0.39, 0.29) is 34.4 Å². The molecule has 0 spiro atoms. The standard InChI is InChI=1S/C14H19ClN2O4S.ClH/c1-21-13(18)10-6-11(15)8-12(7-10)22(19,20)17-14(9-16)4-2-3-5-14;/h6-8,17H,2-5,9,16H2,1H3;1H. The van der Waals surface area contributed by atoms with Crippen LogP contribution in [0, 0.1) is 0 Å². The fraction of sp³-hybridized carbons (Fsp3) is 0.500. The molecule has 3 N–H and O–H groups in total. The first-order valence-electron chi connectivity index (χ1n) is 6.95. The lowest BCUT2D eigenvalue weighted by Crippen LogP contribution is -2.51. The van der Waals surface area contributed by atoms with Crippen molar-refractivity contribution in [3.63, 3.8) is 0 Å². The van der Waals surface area contributed by atoms with Crippen molar-refractivity contribution in [3.8, 4) is 0 Å². The molecule has 1 aromatic rings. The van der Waals surface area contributed by atoms with E-state index < -0.39 is 21.5 Å². The average Bonchev–Trinajstić information content (AvgIpc) is 2.94. The van der Waals surface area contributed by atoms with Crippen LogP contribution in [0.4, 0.5) is 0 Å². The number of nitrogens with two attached hydrogens (primary N) is 1. The van der Waals surface area contributed by atoms with Gasteiger partial charge in [0, 0.05) is 17.1 Å². The number of carbonyl (C=O) groups is 1. The van der Waals surface area contributed by atoms with Crippen LogP contribution in [-0.2, 0) is 14.8 Å². The van der Waals surface area contributed by atoms with Crippen LogP contribution < -0.4 is 10.5 Å². The summed E-state index contributed by atoms with van der Waals surface area (Å²) in [7, 11) is -2.60. The van der Waals surface area contributed by atoms with Gasteiger partial charge in [-0.3, -0.25) is 0 Å². The van der Waals surface area contributed by atoms with Crippen LogP contribution in [-0.4, -0.2) is 33.6 Å². The number of ether oxygens (including phenoxy) is 1. The fourth-order valence-electron chi connectivity index (χ4n) is 2.70. The SMILES string of the molecule is COC(=O)c1cc(Cl)cc(S(=O)(=O)NC2(CN)CCCC2)c1.Cl. The lowest BCUT2D eigenvalue weighted by atomic mass is 10.0. The van der Waals surface area contributed by atoms with Crippen LogP contribution in [0.2, 0.25) is 5.02 Å². The second-order valence-corrected chi connectivity index (χ2v) is 7.58. The van der Waals surface area contributed by atoms with Gasteiger partial charge in [-0.2, -0.15) is 0 Å². The van der Waals surface area contributed by atoms with Gasteiger partial charge in [0.2, 0.25) is 10.0 Å². The molecule has 0 aliphatic heterocycles. The molecule has 6 nitrogen and oxygen atoms in total. The molecule has 1 aromatic carbocycles. The summed E-state index contributed by atoms with van der Waals surface area (Å²) in [4.78, 5) is 11.5. The van der Waals surface area contributed by atoms with Crippen molar-refractivity contribution < 1.29 is 17.9 Å². The minimum atomic E-state index is -3.82. The summed E-state index contributed by atoms with van der Waals surface area (Å²) < 4.78 is 32.5. The monoisotopic (exact) mass is 382 g/mol. The zero-order valence-corrected chi connectivity index (χ0v) is 15.1. The van der Waals surface area contributed by atoms with E-state index in [1.54, 1.807) is 0 Å². The van der Waals surface area contributed by atoms with Crippen molar-refractivity contribution in [1.29, 1.82) is 0 Å². The van der Waals surface area contributed by atoms with Crippen LogP contribution in [0.1, 0.15) is 36.0 Å². The molecule has 1 fully saturated rings. The van der Waals surface area contributed by atoms with Gasteiger partial charge in [0.1, 0.15) is 0 Å². The molecular formula is C14H20Cl2N2O4S. The Balaban J connectivity index is 0.00000264. The number of hydrogen-bond donors (Lipinski definition) is 2. The van der Waals surface area contributed by atoms with Gasteiger partial charge in [0.15, 0.2) is 0 Å². The van der Waals surface area contributed by atoms with Crippen molar-refractivity contribution >= 4 is 40.0 Å². The largest absolute Gasteiger partial charge is 0.465 e. The number of methoxy groups -OCH3 is 1. The maximum atomic E-state index is 12.6. The molecular weight excluding hydrogens is 363 g/mol. The number of halogens is 2. The topological polar surface area (TPSA) is 98.5 Å². The molecule has 0 heterocycles. The molecule has 0 saturated heterocycles. The van der Waals surface area contributed by atoms with Crippen LogP contribution >= 0.6 is 24.0 Å². The van der Waals surface area contributed by atoms with Crippen LogP contribution in [0.3, 0.4) is 0 Å². The molecule has 0 unspecified atom stereocenters. The minimum absolute atomic E-state index is 0. The van der Waals surface area contributed by atoms with Crippen LogP contribution in [0.5, 0.6) is 0 Å². The van der Waals surface area contributed by atoms with Crippen LogP contribution in [0.25, 0.3) is 0 Å². The highest BCUT2D eigenvalue weighted by atomic mass is 35.5. The van der Waals surface area contributed by atoms with Crippen LogP contribution in [0.15, 0.2) is 23.1 Å². The Morgan fingerprint density at radius 1 is 1.35 bits per heavy atom. The number of carbonyl (C=O) groups excluding carboxylic acids is 1. The first-order chi connectivity index (χ1) is 10.3. The highest BCUT2D eigenvalue weighted by molar-refractivity contribution is 7.89. The summed E-state index contributed by atoms with van der Waals surface area (Å²) in [6.07, 6.45) is 3.27. The van der Waals surface area contributed by atoms with Gasteiger partial charge in [0.25, 0.3) is 0 Å². The molecule has 2 rings (SSSR count). The summed E-state index contributed by atoms with van der Waals surface area (Å²) in [5.74, 6) is -0.645. The van der Waals surface area contributed by atoms with Crippen molar-refractivity contribution in [3.05, 3.63) is 28.8 Å². The van der Waals surface area contributed by atoms with Gasteiger partial charge in [-0.15, -0.1) is 12.4 Å². The molecule has 0 amide bonds. The van der Waals surface area contributed by atoms with Crippen molar-refractivity contribution in [2.45, 2.75) is 36.1 Å². The number of rotatable bonds is 5. The number of benzene rings is 1. The van der Waals surface area contributed by atoms with Crippen molar-refractivity contribution in [1.82, 2.24) is 4.72 Å². The molecule has 1 saturated carbocycles. The van der Waals surface area contributed by atoms with Gasteiger partial charge in [-0.1, -0.05) is 24.4 Å². The van der Waals surface area contributed by atoms with Gasteiger partial charge < -0.3 is 10.5 Å². The maximum Gasteiger partial charge on any atom is 0.337 e. The summed E-state index contributed by atoms with van der Waals surface area (Å²) in [6, 6.07) is 3.91. The van der Waals surface area contributed by atoms with Gasteiger partial charge in [-0.25, -0.2) is 17.9 Å². The third-order valence-electron chi connectivity index (χ3n) is 3.90. The molecule has 1 aliphatic rings. The third-order valence-corrected chi connectivity index (χ3v) is 5.68. The molecule has 0 bridgehead atoms. The predicted molar refractivity (Wildman–Crippen MR) is 90.6 cm³/mol. The van der Waals surface area contributed by atoms with E-state index >= 15 is 0 Å². The summed E-state index contributed by atoms with van der Waals surface area (Å²) >= 11 is 5.92. The first-order valence-corrected chi connectivity index (χ1v) is 8.81. The second kappa shape index (κ2) is 7.81. The number of nitrogens with one attached hydrogen (secondary N) is 1. The van der Waals surface area contributed by atoms with E-state index in [4.69, 9.17) is 17.3 Å². The Hall–Kier alpha value is -0.860. The van der Waals surface area contributed by atoms with E-state index in [9.17, 15) is 13.2 Å². The lowest BCUT2D eigenvalue weighted by molar-refractivity contribution is 0.0600. The zero-order valence-electron chi connectivity index (χ0n) is 12.7. The van der Waals surface area contributed by atoms with E-state index in [0.717, 1.165) is 12.8 Å². The Morgan fingerprint density at radius 2 is 1.96 bits per heavy atom. The third kappa shape index (κ3) is 4.58. The van der Waals surface area contributed by atoms with Crippen molar-refractivity contribution in [2.75, 3.05) is 13.7 Å². The average molecular weight is 383 g/mol. The molecule has 0 radical (unpaired) electrons. The molecule has 0 aromatic heterocycles. The number of hydrogen-bond acceptors (Lipinski definition) is 5. The number of esters is 1. The quantitative estimate of drug-likeness (QED) is 0.759. The summed E-state index contributed by atoms with van der Waals surface area (Å²) in [6.45, 7) is 0.233. The Labute approximate surface area is 147 Å². The van der Waals surface area contributed by atoms with E-state index in [1.807, 2.05) is 0 Å². The van der Waals surface area contributed by atoms with Gasteiger partial charge in [0.05, 0.1) is 17.6 Å². The lowest BCUT2D eigenvalue weighted by Gasteiger charge is -2.28. The first kappa shape index (κ1) is 20.2. The Bertz CT molecular complexity index is 673. The smallest absolute Gasteiger partial charge is 0.337 e.